The normalized spacial score (nSPS) is 23.7. The fourth-order valence-electron chi connectivity index (χ4n) is 2.37. The van der Waals surface area contributed by atoms with Crippen LogP contribution in [0.1, 0.15) is 18.1 Å². The largest absolute Gasteiger partial charge is 0.419 e. The molecule has 1 fully saturated rings. The number of benzene rings is 1. The topological polar surface area (TPSA) is 29.3 Å². The van der Waals surface area contributed by atoms with E-state index in [2.05, 4.69) is 0 Å². The second-order valence-electron chi connectivity index (χ2n) is 5.15. The van der Waals surface area contributed by atoms with Crippen molar-refractivity contribution in [2.45, 2.75) is 25.7 Å². The van der Waals surface area contributed by atoms with Gasteiger partial charge in [0, 0.05) is 25.7 Å². The third-order valence-electron chi connectivity index (χ3n) is 3.49. The van der Waals surface area contributed by atoms with E-state index in [0.717, 1.165) is 18.7 Å². The van der Waals surface area contributed by atoms with Gasteiger partial charge in [0.1, 0.15) is 5.82 Å². The summed E-state index contributed by atoms with van der Waals surface area (Å²) in [6.07, 6.45) is -4.66. The first-order chi connectivity index (χ1) is 8.77. The Labute approximate surface area is 121 Å². The Kier molecular flexibility index (Phi) is 5.40. The van der Waals surface area contributed by atoms with Crippen molar-refractivity contribution in [1.29, 1.82) is 0 Å². The molecule has 7 heteroatoms. The van der Waals surface area contributed by atoms with E-state index in [4.69, 9.17) is 5.73 Å². The minimum atomic E-state index is -4.66. The molecule has 1 saturated heterocycles. The van der Waals surface area contributed by atoms with Gasteiger partial charge < -0.3 is 5.73 Å². The second kappa shape index (κ2) is 6.28. The van der Waals surface area contributed by atoms with Crippen molar-refractivity contribution in [3.05, 3.63) is 35.1 Å². The van der Waals surface area contributed by atoms with E-state index < -0.39 is 17.6 Å². The van der Waals surface area contributed by atoms with Crippen LogP contribution in [0.5, 0.6) is 0 Å². The third kappa shape index (κ3) is 3.84. The highest BCUT2D eigenvalue weighted by Crippen LogP contribution is 2.32. The van der Waals surface area contributed by atoms with Crippen LogP contribution in [0.4, 0.5) is 17.6 Å². The minimum absolute atomic E-state index is 0. The molecule has 0 amide bonds. The average Bonchev–Trinajstić information content (AvgIpc) is 2.59. The van der Waals surface area contributed by atoms with E-state index in [1.54, 1.807) is 0 Å². The van der Waals surface area contributed by atoms with Gasteiger partial charge in [-0.1, -0.05) is 13.0 Å². The van der Waals surface area contributed by atoms with Crippen LogP contribution >= 0.6 is 12.4 Å². The summed E-state index contributed by atoms with van der Waals surface area (Å²) < 4.78 is 50.9. The number of likely N-dealkylation sites (tertiary alicyclic amines) is 1. The quantitative estimate of drug-likeness (QED) is 0.851. The van der Waals surface area contributed by atoms with Crippen molar-refractivity contribution in [1.82, 2.24) is 4.90 Å². The molecule has 1 aromatic carbocycles. The summed E-state index contributed by atoms with van der Waals surface area (Å²) in [6.45, 7) is 3.78. The summed E-state index contributed by atoms with van der Waals surface area (Å²) in [5.74, 6) is -0.912. The second-order valence-corrected chi connectivity index (χ2v) is 5.15. The molecule has 2 rings (SSSR count). The molecule has 1 aliphatic rings. The zero-order valence-corrected chi connectivity index (χ0v) is 11.8. The Bertz CT molecular complexity index is 454. The first kappa shape index (κ1) is 17.2. The van der Waals surface area contributed by atoms with Gasteiger partial charge in [-0.25, -0.2) is 4.39 Å². The van der Waals surface area contributed by atoms with Gasteiger partial charge in [-0.15, -0.1) is 12.4 Å². The zero-order valence-electron chi connectivity index (χ0n) is 11.0. The maximum atomic E-state index is 13.1. The van der Waals surface area contributed by atoms with Crippen LogP contribution in [0.15, 0.2) is 18.2 Å². The number of nitrogens with zero attached hydrogens (tertiary/aromatic N) is 1. The summed E-state index contributed by atoms with van der Waals surface area (Å²) >= 11 is 0. The first-order valence-electron chi connectivity index (χ1n) is 6.11. The van der Waals surface area contributed by atoms with Crippen LogP contribution in [-0.4, -0.2) is 24.0 Å². The van der Waals surface area contributed by atoms with Crippen LogP contribution in [0, 0.1) is 11.7 Å². The Morgan fingerprint density at radius 3 is 2.45 bits per heavy atom. The number of hydrogen-bond donors (Lipinski definition) is 1. The lowest BCUT2D eigenvalue weighted by molar-refractivity contribution is -0.140. The summed E-state index contributed by atoms with van der Waals surface area (Å²) in [5, 5.41) is 0. The van der Waals surface area contributed by atoms with Gasteiger partial charge in [0.15, 0.2) is 0 Å². The lowest BCUT2D eigenvalue weighted by Gasteiger charge is -2.16. The molecule has 0 saturated carbocycles. The van der Waals surface area contributed by atoms with Gasteiger partial charge in [0.25, 0.3) is 0 Å². The molecule has 2 atom stereocenters. The number of alkyl halides is 3. The van der Waals surface area contributed by atoms with Crippen molar-refractivity contribution in [3.8, 4) is 0 Å². The van der Waals surface area contributed by atoms with Crippen molar-refractivity contribution in [3.63, 3.8) is 0 Å². The van der Waals surface area contributed by atoms with Gasteiger partial charge in [-0.3, -0.25) is 4.90 Å². The number of nitrogens with two attached hydrogens (primary N) is 1. The highest BCUT2D eigenvalue weighted by molar-refractivity contribution is 5.85. The lowest BCUT2D eigenvalue weighted by atomic mass is 10.1. The van der Waals surface area contributed by atoms with E-state index in [-0.39, 0.29) is 18.4 Å². The summed E-state index contributed by atoms with van der Waals surface area (Å²) in [4.78, 5) is 1.99. The molecule has 1 aliphatic heterocycles. The van der Waals surface area contributed by atoms with E-state index in [0.29, 0.717) is 24.6 Å². The molecule has 0 spiro atoms. The number of halogens is 5. The van der Waals surface area contributed by atoms with E-state index >= 15 is 0 Å². The monoisotopic (exact) mass is 312 g/mol. The van der Waals surface area contributed by atoms with Crippen molar-refractivity contribution >= 4 is 12.4 Å². The smallest absolute Gasteiger partial charge is 0.326 e. The Hall–Kier alpha value is -0.850. The molecule has 0 aliphatic carbocycles. The number of hydrogen-bond acceptors (Lipinski definition) is 2. The first-order valence-corrected chi connectivity index (χ1v) is 6.11. The highest BCUT2D eigenvalue weighted by atomic mass is 35.5. The third-order valence-corrected chi connectivity index (χ3v) is 3.49. The van der Waals surface area contributed by atoms with Gasteiger partial charge in [-0.05, 0) is 23.6 Å². The van der Waals surface area contributed by atoms with Crippen molar-refractivity contribution in [2.75, 3.05) is 13.1 Å². The van der Waals surface area contributed by atoms with Crippen molar-refractivity contribution < 1.29 is 17.6 Å². The number of rotatable bonds is 2. The average molecular weight is 313 g/mol. The molecule has 0 aromatic heterocycles. The molecular weight excluding hydrogens is 296 g/mol. The molecule has 1 aromatic rings. The molecule has 2 nitrogen and oxygen atoms in total. The maximum absolute atomic E-state index is 13.1. The van der Waals surface area contributed by atoms with Gasteiger partial charge in [-0.2, -0.15) is 13.2 Å². The molecule has 0 bridgehead atoms. The molecule has 1 heterocycles. The van der Waals surface area contributed by atoms with Crippen LogP contribution in [0.25, 0.3) is 0 Å². The van der Waals surface area contributed by atoms with Crippen LogP contribution in [0.2, 0.25) is 0 Å². The van der Waals surface area contributed by atoms with E-state index in [9.17, 15) is 17.6 Å². The standard InChI is InChI=1S/C13H16F4N2.ClH/c1-8-5-19(7-12(8)18)6-9-2-3-11(14)10(4-9)13(15,16)17;/h2-4,8,12H,5-7,18H2,1H3;1H. The summed E-state index contributed by atoms with van der Waals surface area (Å²) in [7, 11) is 0. The summed E-state index contributed by atoms with van der Waals surface area (Å²) in [6, 6.07) is 3.18. The molecular formula is C13H17ClF4N2. The molecule has 0 radical (unpaired) electrons. The van der Waals surface area contributed by atoms with Crippen LogP contribution in [-0.2, 0) is 12.7 Å². The predicted molar refractivity (Wildman–Crippen MR) is 71.1 cm³/mol. The van der Waals surface area contributed by atoms with E-state index in [1.807, 2.05) is 11.8 Å². The minimum Gasteiger partial charge on any atom is -0.326 e. The Morgan fingerprint density at radius 2 is 1.95 bits per heavy atom. The van der Waals surface area contributed by atoms with Crippen LogP contribution in [0.3, 0.4) is 0 Å². The van der Waals surface area contributed by atoms with Gasteiger partial charge >= 0.3 is 6.18 Å². The van der Waals surface area contributed by atoms with E-state index in [1.165, 1.54) is 6.07 Å². The molecule has 2 N–H and O–H groups in total. The molecule has 2 unspecified atom stereocenters. The van der Waals surface area contributed by atoms with Gasteiger partial charge in [0.05, 0.1) is 5.56 Å². The fraction of sp³-hybridized carbons (Fsp3) is 0.538. The Balaban J connectivity index is 0.00000200. The van der Waals surface area contributed by atoms with Crippen molar-refractivity contribution in [2.24, 2.45) is 11.7 Å². The van der Waals surface area contributed by atoms with Crippen LogP contribution < -0.4 is 5.73 Å². The van der Waals surface area contributed by atoms with Gasteiger partial charge in [0.2, 0.25) is 0 Å². The fourth-order valence-corrected chi connectivity index (χ4v) is 2.37. The lowest BCUT2D eigenvalue weighted by Crippen LogP contribution is -2.28. The summed E-state index contributed by atoms with van der Waals surface area (Å²) in [5.41, 5.74) is 5.11. The predicted octanol–water partition coefficient (Wildman–Crippen LogP) is 3.05. The maximum Gasteiger partial charge on any atom is 0.419 e. The highest BCUT2D eigenvalue weighted by Gasteiger charge is 2.34. The SMILES string of the molecule is CC1CN(Cc2ccc(F)c(C(F)(F)F)c2)CC1N.Cl. The zero-order chi connectivity index (χ0) is 14.2. The molecule has 20 heavy (non-hydrogen) atoms. The molecule has 114 valence electrons. The Morgan fingerprint density at radius 1 is 1.30 bits per heavy atom.